The Morgan fingerprint density at radius 1 is 1.44 bits per heavy atom. The smallest absolute Gasteiger partial charge is 0.309 e. The Kier molecular flexibility index (Phi) is 8.56. The summed E-state index contributed by atoms with van der Waals surface area (Å²) < 4.78 is 12.6. The van der Waals surface area contributed by atoms with Crippen LogP contribution in [0, 0.1) is 5.92 Å². The summed E-state index contributed by atoms with van der Waals surface area (Å²) in [6.07, 6.45) is 1.36. The van der Waals surface area contributed by atoms with Crippen molar-refractivity contribution in [3.8, 4) is 0 Å². The van der Waals surface area contributed by atoms with Gasteiger partial charge in [0.15, 0.2) is 0 Å². The van der Waals surface area contributed by atoms with Crippen molar-refractivity contribution < 1.29 is 29.3 Å². The molecule has 0 aromatic rings. The maximum Gasteiger partial charge on any atom is 0.309 e. The monoisotopic (exact) mass is 466 g/mol. The van der Waals surface area contributed by atoms with Gasteiger partial charge in [0.25, 0.3) is 0 Å². The van der Waals surface area contributed by atoms with Crippen LogP contribution in [0.2, 0.25) is 0 Å². The van der Waals surface area contributed by atoms with Crippen molar-refractivity contribution in [1.82, 2.24) is 0 Å². The van der Waals surface area contributed by atoms with Gasteiger partial charge in [0, 0.05) is 12.8 Å². The predicted molar refractivity (Wildman–Crippen MR) is 102 cm³/mol. The standard InChI is InChI=1S/C18H27IO6/c1-11-5-6-15(24-13(3)20)18(4,23)8-7-14(21)9-16(22)25-17(11)12(2)10-19/h5-6,10-11,14-15,17,21,23H,7-9H2,1-4H3/b6-5+,12-10+/t11-,14+,15+,17-,18+/m0/s1. The van der Waals surface area contributed by atoms with Crippen LogP contribution in [-0.4, -0.2) is 46.1 Å². The molecular formula is C18H27IO6. The van der Waals surface area contributed by atoms with Crippen LogP contribution in [-0.2, 0) is 19.1 Å². The molecule has 7 heteroatoms. The number of hydrogen-bond donors (Lipinski definition) is 2. The predicted octanol–water partition coefficient (Wildman–Crippen LogP) is 2.66. The van der Waals surface area contributed by atoms with Crippen LogP contribution in [0.4, 0.5) is 0 Å². The second-order valence-electron chi connectivity index (χ2n) is 6.79. The van der Waals surface area contributed by atoms with Gasteiger partial charge in [0.2, 0.25) is 0 Å². The van der Waals surface area contributed by atoms with Gasteiger partial charge in [-0.15, -0.1) is 0 Å². The summed E-state index contributed by atoms with van der Waals surface area (Å²) in [5, 5.41) is 20.7. The highest BCUT2D eigenvalue weighted by atomic mass is 127. The highest BCUT2D eigenvalue weighted by Crippen LogP contribution is 2.27. The van der Waals surface area contributed by atoms with Gasteiger partial charge in [0.05, 0.1) is 12.5 Å². The quantitative estimate of drug-likeness (QED) is 0.370. The van der Waals surface area contributed by atoms with Gasteiger partial charge in [-0.3, -0.25) is 9.59 Å². The molecule has 0 saturated carbocycles. The Morgan fingerprint density at radius 2 is 2.08 bits per heavy atom. The maximum atomic E-state index is 12.1. The zero-order chi connectivity index (χ0) is 19.2. The Labute approximate surface area is 162 Å². The van der Waals surface area contributed by atoms with E-state index in [-0.39, 0.29) is 25.2 Å². The highest BCUT2D eigenvalue weighted by Gasteiger charge is 2.34. The first-order chi connectivity index (χ1) is 11.6. The second-order valence-corrected chi connectivity index (χ2v) is 7.41. The van der Waals surface area contributed by atoms with E-state index < -0.39 is 35.9 Å². The lowest BCUT2D eigenvalue weighted by Crippen LogP contribution is -2.42. The van der Waals surface area contributed by atoms with E-state index in [0.29, 0.717) is 0 Å². The average molecular weight is 466 g/mol. The summed E-state index contributed by atoms with van der Waals surface area (Å²) in [4.78, 5) is 23.5. The third-order valence-electron chi connectivity index (χ3n) is 4.24. The third kappa shape index (κ3) is 7.07. The van der Waals surface area contributed by atoms with E-state index in [1.54, 1.807) is 19.1 Å². The molecule has 0 bridgehead atoms. The molecule has 0 radical (unpaired) electrons. The molecule has 0 aliphatic carbocycles. The van der Waals surface area contributed by atoms with Crippen molar-refractivity contribution in [2.75, 3.05) is 0 Å². The highest BCUT2D eigenvalue weighted by molar-refractivity contribution is 14.1. The molecule has 5 atom stereocenters. The van der Waals surface area contributed by atoms with Crippen LogP contribution in [0.1, 0.15) is 47.0 Å². The number of ether oxygens (including phenoxy) is 2. The van der Waals surface area contributed by atoms with E-state index in [2.05, 4.69) is 22.6 Å². The molecule has 0 amide bonds. The number of esters is 2. The van der Waals surface area contributed by atoms with Gasteiger partial charge in [-0.2, -0.15) is 0 Å². The number of aliphatic hydroxyl groups excluding tert-OH is 1. The molecule has 0 saturated heterocycles. The molecule has 1 rings (SSSR count). The SMILES string of the molecule is CC(=O)O[C@@H]1/C=C/[C@H](C)[C@@H](/C(C)=C/I)OC(=O)C[C@H](O)CC[C@@]1(C)O. The molecule has 0 aromatic carbocycles. The number of halogens is 1. The fourth-order valence-electron chi connectivity index (χ4n) is 2.69. The van der Waals surface area contributed by atoms with Gasteiger partial charge < -0.3 is 19.7 Å². The number of cyclic esters (lactones) is 1. The van der Waals surface area contributed by atoms with Gasteiger partial charge in [-0.1, -0.05) is 35.6 Å². The van der Waals surface area contributed by atoms with Crippen LogP contribution in [0.3, 0.4) is 0 Å². The fourth-order valence-corrected chi connectivity index (χ4v) is 3.05. The van der Waals surface area contributed by atoms with E-state index in [1.165, 1.54) is 6.92 Å². The molecular weight excluding hydrogens is 439 g/mol. The molecule has 0 fully saturated rings. The molecule has 0 unspecified atom stereocenters. The van der Waals surface area contributed by atoms with E-state index in [4.69, 9.17) is 9.47 Å². The first-order valence-corrected chi connectivity index (χ1v) is 9.53. The number of carbonyl (C=O) groups is 2. The van der Waals surface area contributed by atoms with Gasteiger partial charge in [-0.05, 0) is 42.4 Å². The Morgan fingerprint density at radius 3 is 2.64 bits per heavy atom. The minimum absolute atomic E-state index is 0.143. The molecule has 25 heavy (non-hydrogen) atoms. The van der Waals surface area contributed by atoms with Crippen LogP contribution < -0.4 is 0 Å². The van der Waals surface area contributed by atoms with Crippen molar-refractivity contribution >= 4 is 34.5 Å². The molecule has 1 heterocycles. The Balaban J connectivity index is 3.20. The lowest BCUT2D eigenvalue weighted by molar-refractivity contribution is -0.157. The van der Waals surface area contributed by atoms with Crippen molar-refractivity contribution in [3.05, 3.63) is 21.8 Å². The van der Waals surface area contributed by atoms with Crippen LogP contribution in [0.5, 0.6) is 0 Å². The van der Waals surface area contributed by atoms with Crippen LogP contribution in [0.15, 0.2) is 21.8 Å². The summed E-state index contributed by atoms with van der Waals surface area (Å²) in [5.41, 5.74) is -0.483. The average Bonchev–Trinajstić information content (AvgIpc) is 2.52. The summed E-state index contributed by atoms with van der Waals surface area (Å²) >= 11 is 2.08. The summed E-state index contributed by atoms with van der Waals surface area (Å²) in [7, 11) is 0. The molecule has 2 N–H and O–H groups in total. The number of rotatable bonds is 2. The van der Waals surface area contributed by atoms with Gasteiger partial charge in [-0.25, -0.2) is 0 Å². The first-order valence-electron chi connectivity index (χ1n) is 8.29. The number of aliphatic hydroxyl groups is 2. The van der Waals surface area contributed by atoms with Crippen molar-refractivity contribution in [2.45, 2.75) is 70.9 Å². The minimum Gasteiger partial charge on any atom is -0.457 e. The summed E-state index contributed by atoms with van der Waals surface area (Å²) in [6, 6.07) is 0. The van der Waals surface area contributed by atoms with Crippen LogP contribution in [0.25, 0.3) is 0 Å². The largest absolute Gasteiger partial charge is 0.457 e. The molecule has 6 nitrogen and oxygen atoms in total. The Hall–Kier alpha value is -0.930. The summed E-state index contributed by atoms with van der Waals surface area (Å²) in [6.45, 7) is 6.57. The van der Waals surface area contributed by atoms with Crippen molar-refractivity contribution in [3.63, 3.8) is 0 Å². The second kappa shape index (κ2) is 9.68. The van der Waals surface area contributed by atoms with E-state index in [0.717, 1.165) is 5.57 Å². The van der Waals surface area contributed by atoms with Crippen molar-refractivity contribution in [2.24, 2.45) is 5.92 Å². The van der Waals surface area contributed by atoms with E-state index in [9.17, 15) is 19.8 Å². The first kappa shape index (κ1) is 22.1. The van der Waals surface area contributed by atoms with E-state index >= 15 is 0 Å². The normalized spacial score (nSPS) is 36.6. The molecule has 1 aliphatic heterocycles. The number of carbonyl (C=O) groups excluding carboxylic acids is 2. The number of hydrogen-bond acceptors (Lipinski definition) is 6. The van der Waals surface area contributed by atoms with E-state index in [1.807, 2.05) is 17.9 Å². The summed E-state index contributed by atoms with van der Waals surface area (Å²) in [5.74, 6) is -1.17. The van der Waals surface area contributed by atoms with Gasteiger partial charge in [0.1, 0.15) is 17.8 Å². The zero-order valence-corrected chi connectivity index (χ0v) is 17.2. The molecule has 0 aromatic heterocycles. The van der Waals surface area contributed by atoms with Crippen LogP contribution >= 0.6 is 22.6 Å². The lowest BCUT2D eigenvalue weighted by atomic mass is 9.89. The fraction of sp³-hybridized carbons (Fsp3) is 0.667. The lowest BCUT2D eigenvalue weighted by Gasteiger charge is -2.32. The molecule has 0 spiro atoms. The third-order valence-corrected chi connectivity index (χ3v) is 5.22. The van der Waals surface area contributed by atoms with Crippen molar-refractivity contribution in [1.29, 1.82) is 0 Å². The molecule has 1 aliphatic rings. The minimum atomic E-state index is -1.35. The maximum absolute atomic E-state index is 12.1. The molecule has 142 valence electrons. The topological polar surface area (TPSA) is 93.1 Å². The van der Waals surface area contributed by atoms with Gasteiger partial charge >= 0.3 is 11.9 Å². The Bertz CT molecular complexity index is 540. The zero-order valence-electron chi connectivity index (χ0n) is 15.1.